The summed E-state index contributed by atoms with van der Waals surface area (Å²) >= 11 is 0. The second kappa shape index (κ2) is 7.63. The van der Waals surface area contributed by atoms with E-state index in [1.54, 1.807) is 7.11 Å². The predicted molar refractivity (Wildman–Crippen MR) is 62.3 cm³/mol. The molecule has 0 aromatic carbocycles. The van der Waals surface area contributed by atoms with E-state index in [0.29, 0.717) is 12.6 Å². The first-order valence-electron chi connectivity index (χ1n) is 6.07. The van der Waals surface area contributed by atoms with Gasteiger partial charge in [0.2, 0.25) is 0 Å². The maximum Gasteiger partial charge on any atom is 0.319 e. The van der Waals surface area contributed by atoms with Crippen molar-refractivity contribution in [3.05, 3.63) is 0 Å². The number of hydrogen-bond acceptors (Lipinski definition) is 4. The van der Waals surface area contributed by atoms with Gasteiger partial charge in [0.15, 0.2) is 0 Å². The number of esters is 1. The first kappa shape index (κ1) is 13.5. The summed E-state index contributed by atoms with van der Waals surface area (Å²) in [5.41, 5.74) is 0. The molecule has 0 aromatic rings. The summed E-state index contributed by atoms with van der Waals surface area (Å²) in [6.45, 7) is 2.10. The van der Waals surface area contributed by atoms with E-state index in [1.165, 1.54) is 32.8 Å². The molecule has 94 valence electrons. The van der Waals surface area contributed by atoms with Gasteiger partial charge >= 0.3 is 5.97 Å². The van der Waals surface area contributed by atoms with Gasteiger partial charge in [-0.05, 0) is 19.3 Å². The molecule has 0 aliphatic heterocycles. The van der Waals surface area contributed by atoms with Crippen LogP contribution in [-0.2, 0) is 14.3 Å². The van der Waals surface area contributed by atoms with Crippen LogP contribution >= 0.6 is 0 Å². The third kappa shape index (κ3) is 4.49. The molecule has 16 heavy (non-hydrogen) atoms. The molecule has 1 fully saturated rings. The first-order chi connectivity index (χ1) is 7.77. The maximum atomic E-state index is 11.3. The molecule has 4 heteroatoms. The quantitative estimate of drug-likeness (QED) is 0.489. The zero-order valence-electron chi connectivity index (χ0n) is 10.4. The van der Waals surface area contributed by atoms with Gasteiger partial charge in [-0.2, -0.15) is 0 Å². The van der Waals surface area contributed by atoms with Crippen LogP contribution in [0.15, 0.2) is 0 Å². The van der Waals surface area contributed by atoms with Crippen molar-refractivity contribution in [3.8, 4) is 0 Å². The number of carbonyl (C=O) groups excluding carboxylic acids is 1. The van der Waals surface area contributed by atoms with E-state index in [4.69, 9.17) is 9.47 Å². The molecule has 0 spiro atoms. The fourth-order valence-corrected chi connectivity index (χ4v) is 2.30. The molecule has 1 rings (SSSR count). The van der Waals surface area contributed by atoms with E-state index in [2.05, 4.69) is 4.90 Å². The molecular formula is C12H23NO3. The molecule has 4 nitrogen and oxygen atoms in total. The van der Waals surface area contributed by atoms with Gasteiger partial charge in [-0.3, -0.25) is 9.69 Å². The van der Waals surface area contributed by atoms with Gasteiger partial charge in [0.25, 0.3) is 0 Å². The van der Waals surface area contributed by atoms with E-state index in [9.17, 15) is 4.79 Å². The van der Waals surface area contributed by atoms with Gasteiger partial charge in [-0.15, -0.1) is 0 Å². The second-order valence-corrected chi connectivity index (χ2v) is 4.33. The van der Waals surface area contributed by atoms with Crippen LogP contribution < -0.4 is 0 Å². The van der Waals surface area contributed by atoms with E-state index in [-0.39, 0.29) is 5.97 Å². The second-order valence-electron chi connectivity index (χ2n) is 4.33. The maximum absolute atomic E-state index is 11.3. The first-order valence-corrected chi connectivity index (χ1v) is 6.07. The lowest BCUT2D eigenvalue weighted by Gasteiger charge is -2.27. The van der Waals surface area contributed by atoms with Crippen molar-refractivity contribution in [2.45, 2.75) is 38.1 Å². The van der Waals surface area contributed by atoms with Crippen LogP contribution in [0.2, 0.25) is 0 Å². The van der Waals surface area contributed by atoms with Crippen LogP contribution in [0.1, 0.15) is 32.1 Å². The molecule has 0 amide bonds. The Labute approximate surface area is 97.9 Å². The lowest BCUT2D eigenvalue weighted by molar-refractivity contribution is -0.142. The number of ether oxygens (including phenoxy) is 2. The van der Waals surface area contributed by atoms with E-state index in [1.807, 2.05) is 0 Å². The van der Waals surface area contributed by atoms with Crippen LogP contribution in [0.4, 0.5) is 0 Å². The molecule has 0 atom stereocenters. The van der Waals surface area contributed by atoms with Crippen LogP contribution in [0.25, 0.3) is 0 Å². The number of carbonyl (C=O) groups is 1. The highest BCUT2D eigenvalue weighted by Gasteiger charge is 2.24. The Balaban J connectivity index is 2.36. The largest absolute Gasteiger partial charge is 0.468 e. The van der Waals surface area contributed by atoms with Crippen LogP contribution in [0, 0.1) is 0 Å². The highest BCUT2D eigenvalue weighted by atomic mass is 16.5. The van der Waals surface area contributed by atoms with Crippen molar-refractivity contribution in [1.29, 1.82) is 0 Å². The van der Waals surface area contributed by atoms with Crippen molar-refractivity contribution >= 4 is 5.97 Å². The molecule has 0 saturated heterocycles. The molecule has 0 radical (unpaired) electrons. The summed E-state index contributed by atoms with van der Waals surface area (Å²) in [6, 6.07) is 0.566. The lowest BCUT2D eigenvalue weighted by Crippen LogP contribution is -2.39. The summed E-state index contributed by atoms with van der Waals surface area (Å²) in [4.78, 5) is 13.6. The molecule has 0 heterocycles. The summed E-state index contributed by atoms with van der Waals surface area (Å²) < 4.78 is 9.78. The van der Waals surface area contributed by atoms with Gasteiger partial charge in [0.1, 0.15) is 0 Å². The lowest BCUT2D eigenvalue weighted by atomic mass is 10.2. The minimum absolute atomic E-state index is 0.135. The molecule has 1 aliphatic rings. The molecule has 0 bridgehead atoms. The standard InChI is InChI=1S/C12H23NO3/c1-15-9-5-8-13(10-12(14)16-2)11-6-3-4-7-11/h11H,3-10H2,1-2H3. The summed E-state index contributed by atoms with van der Waals surface area (Å²) in [7, 11) is 3.16. The number of rotatable bonds is 7. The van der Waals surface area contributed by atoms with Gasteiger partial charge in [-0.25, -0.2) is 0 Å². The third-order valence-corrected chi connectivity index (χ3v) is 3.19. The molecule has 0 unspecified atom stereocenters. The SMILES string of the molecule is COCCCN(CC(=O)OC)C1CCCC1. The molecule has 1 saturated carbocycles. The summed E-state index contributed by atoms with van der Waals surface area (Å²) in [6.07, 6.45) is 5.97. The molecule has 0 N–H and O–H groups in total. The van der Waals surface area contributed by atoms with Gasteiger partial charge < -0.3 is 9.47 Å². The van der Waals surface area contributed by atoms with E-state index >= 15 is 0 Å². The van der Waals surface area contributed by atoms with Gasteiger partial charge in [-0.1, -0.05) is 12.8 Å². The Morgan fingerprint density at radius 1 is 1.31 bits per heavy atom. The molecule has 1 aliphatic carbocycles. The van der Waals surface area contributed by atoms with Crippen molar-refractivity contribution in [3.63, 3.8) is 0 Å². The Kier molecular flexibility index (Phi) is 6.42. The Morgan fingerprint density at radius 3 is 2.56 bits per heavy atom. The Morgan fingerprint density at radius 2 is 2.00 bits per heavy atom. The summed E-state index contributed by atoms with van der Waals surface area (Å²) in [5, 5.41) is 0. The zero-order chi connectivity index (χ0) is 11.8. The van der Waals surface area contributed by atoms with Crippen LogP contribution in [0.5, 0.6) is 0 Å². The van der Waals surface area contributed by atoms with Crippen molar-refractivity contribution in [1.82, 2.24) is 4.90 Å². The van der Waals surface area contributed by atoms with Crippen molar-refractivity contribution < 1.29 is 14.3 Å². The highest BCUT2D eigenvalue weighted by molar-refractivity contribution is 5.71. The smallest absolute Gasteiger partial charge is 0.319 e. The average Bonchev–Trinajstić information content (AvgIpc) is 2.81. The summed E-state index contributed by atoms with van der Waals surface area (Å²) in [5.74, 6) is -0.135. The van der Waals surface area contributed by atoms with Gasteiger partial charge in [0, 0.05) is 26.3 Å². The van der Waals surface area contributed by atoms with Crippen molar-refractivity contribution in [2.75, 3.05) is 33.9 Å². The topological polar surface area (TPSA) is 38.8 Å². The fourth-order valence-electron chi connectivity index (χ4n) is 2.30. The minimum atomic E-state index is -0.135. The number of nitrogens with zero attached hydrogens (tertiary/aromatic N) is 1. The molecular weight excluding hydrogens is 206 g/mol. The fraction of sp³-hybridized carbons (Fsp3) is 0.917. The monoisotopic (exact) mass is 229 g/mol. The van der Waals surface area contributed by atoms with E-state index in [0.717, 1.165) is 19.6 Å². The number of methoxy groups -OCH3 is 2. The minimum Gasteiger partial charge on any atom is -0.468 e. The Hall–Kier alpha value is -0.610. The zero-order valence-corrected chi connectivity index (χ0v) is 10.4. The van der Waals surface area contributed by atoms with E-state index < -0.39 is 0 Å². The van der Waals surface area contributed by atoms with Gasteiger partial charge in [0.05, 0.1) is 13.7 Å². The van der Waals surface area contributed by atoms with Crippen LogP contribution in [-0.4, -0.2) is 50.8 Å². The average molecular weight is 229 g/mol. The normalized spacial score (nSPS) is 16.9. The third-order valence-electron chi connectivity index (χ3n) is 3.19. The highest BCUT2D eigenvalue weighted by Crippen LogP contribution is 2.23. The molecule has 0 aromatic heterocycles. The Bertz CT molecular complexity index is 202. The predicted octanol–water partition coefficient (Wildman–Crippen LogP) is 1.44. The van der Waals surface area contributed by atoms with Crippen LogP contribution in [0.3, 0.4) is 0 Å². The van der Waals surface area contributed by atoms with Crippen molar-refractivity contribution in [2.24, 2.45) is 0 Å². The number of hydrogen-bond donors (Lipinski definition) is 0.